The highest BCUT2D eigenvalue weighted by Gasteiger charge is 2.15. The Labute approximate surface area is 110 Å². The molecule has 1 atom stereocenters. The molecule has 2 N–H and O–H groups in total. The van der Waals surface area contributed by atoms with E-state index in [1.807, 2.05) is 6.92 Å². The number of aromatic nitrogens is 2. The van der Waals surface area contributed by atoms with Crippen molar-refractivity contribution in [2.75, 3.05) is 13.2 Å². The summed E-state index contributed by atoms with van der Waals surface area (Å²) in [4.78, 5) is 4.18. The van der Waals surface area contributed by atoms with Gasteiger partial charge in [0.05, 0.1) is 12.6 Å². The van der Waals surface area contributed by atoms with Gasteiger partial charge in [-0.1, -0.05) is 12.1 Å². The van der Waals surface area contributed by atoms with E-state index in [2.05, 4.69) is 10.1 Å². The average Bonchev–Trinajstić information content (AvgIpc) is 2.89. The van der Waals surface area contributed by atoms with E-state index in [1.54, 1.807) is 12.1 Å². The maximum absolute atomic E-state index is 12.8. The first-order chi connectivity index (χ1) is 9.20. The van der Waals surface area contributed by atoms with Crippen molar-refractivity contribution in [1.29, 1.82) is 0 Å². The first-order valence-electron chi connectivity index (χ1n) is 6.13. The zero-order valence-electron chi connectivity index (χ0n) is 10.7. The molecule has 0 amide bonds. The van der Waals surface area contributed by atoms with Crippen molar-refractivity contribution in [3.63, 3.8) is 0 Å². The Balaban J connectivity index is 2.04. The van der Waals surface area contributed by atoms with E-state index in [0.29, 0.717) is 30.5 Å². The molecule has 1 aromatic heterocycles. The van der Waals surface area contributed by atoms with Gasteiger partial charge < -0.3 is 15.0 Å². The second kappa shape index (κ2) is 6.40. The molecule has 0 saturated carbocycles. The number of nitrogens with two attached hydrogens (primary N) is 1. The Kier molecular flexibility index (Phi) is 4.59. The Morgan fingerprint density at radius 1 is 1.37 bits per heavy atom. The van der Waals surface area contributed by atoms with Crippen LogP contribution in [-0.2, 0) is 4.74 Å². The third-order valence-electron chi connectivity index (χ3n) is 2.51. The Hall–Kier alpha value is -1.79. The Bertz CT molecular complexity index is 513. The molecule has 0 saturated heterocycles. The lowest BCUT2D eigenvalue weighted by molar-refractivity contribution is 0.119. The molecule has 1 unspecified atom stereocenters. The lowest BCUT2D eigenvalue weighted by atomic mass is 10.2. The summed E-state index contributed by atoms with van der Waals surface area (Å²) in [6, 6.07) is 5.40. The van der Waals surface area contributed by atoms with E-state index < -0.39 is 6.04 Å². The summed E-state index contributed by atoms with van der Waals surface area (Å²) in [5.41, 5.74) is 6.54. The summed E-state index contributed by atoms with van der Waals surface area (Å²) in [6.45, 7) is 3.01. The van der Waals surface area contributed by atoms with Crippen molar-refractivity contribution in [3.05, 3.63) is 35.9 Å². The number of hydrogen-bond donors (Lipinski definition) is 1. The van der Waals surface area contributed by atoms with Crippen molar-refractivity contribution in [1.82, 2.24) is 10.1 Å². The highest BCUT2D eigenvalue weighted by Crippen LogP contribution is 2.19. The van der Waals surface area contributed by atoms with Gasteiger partial charge in [0.15, 0.2) is 5.82 Å². The van der Waals surface area contributed by atoms with Crippen LogP contribution in [0.3, 0.4) is 0 Å². The molecule has 0 aliphatic carbocycles. The first kappa shape index (κ1) is 13.6. The van der Waals surface area contributed by atoms with Crippen molar-refractivity contribution in [3.8, 4) is 11.5 Å². The monoisotopic (exact) mass is 265 g/mol. The maximum atomic E-state index is 12.8. The minimum absolute atomic E-state index is 0.312. The predicted molar refractivity (Wildman–Crippen MR) is 67.7 cm³/mol. The van der Waals surface area contributed by atoms with Crippen LogP contribution < -0.4 is 5.73 Å². The van der Waals surface area contributed by atoms with E-state index >= 15 is 0 Å². The smallest absolute Gasteiger partial charge is 0.257 e. The van der Waals surface area contributed by atoms with Gasteiger partial charge in [-0.3, -0.25) is 0 Å². The van der Waals surface area contributed by atoms with Crippen molar-refractivity contribution >= 4 is 0 Å². The average molecular weight is 265 g/mol. The van der Waals surface area contributed by atoms with Gasteiger partial charge in [-0.2, -0.15) is 4.98 Å². The second-order valence-corrected chi connectivity index (χ2v) is 4.15. The first-order valence-corrected chi connectivity index (χ1v) is 6.13. The second-order valence-electron chi connectivity index (χ2n) is 4.15. The molecule has 0 bridgehead atoms. The molecular formula is C13H16FN3O2. The van der Waals surface area contributed by atoms with Crippen molar-refractivity contribution in [2.45, 2.75) is 19.4 Å². The molecular weight excluding hydrogens is 249 g/mol. The fourth-order valence-electron chi connectivity index (χ4n) is 1.52. The summed E-state index contributed by atoms with van der Waals surface area (Å²) in [6.07, 6.45) is 0.930. The predicted octanol–water partition coefficient (Wildman–Crippen LogP) is 2.30. The van der Waals surface area contributed by atoms with E-state index in [0.717, 1.165) is 6.42 Å². The standard InChI is InChI=1S/C13H16FN3O2/c1-2-7-18-8-11(15)12-16-13(19-17-12)9-3-5-10(14)6-4-9/h3-6,11H,2,7-8,15H2,1H3. The van der Waals surface area contributed by atoms with Gasteiger partial charge in [0.25, 0.3) is 5.89 Å². The molecule has 0 aliphatic heterocycles. The van der Waals surface area contributed by atoms with Gasteiger partial charge in [0, 0.05) is 12.2 Å². The summed E-state index contributed by atoms with van der Waals surface area (Å²) in [5.74, 6) is 0.393. The van der Waals surface area contributed by atoms with Gasteiger partial charge in [-0.15, -0.1) is 0 Å². The van der Waals surface area contributed by atoms with Gasteiger partial charge in [-0.25, -0.2) is 4.39 Å². The van der Waals surface area contributed by atoms with E-state index in [-0.39, 0.29) is 5.82 Å². The van der Waals surface area contributed by atoms with Crippen LogP contribution in [0.2, 0.25) is 0 Å². The molecule has 0 aliphatic rings. The molecule has 2 rings (SSSR count). The molecule has 1 aromatic carbocycles. The summed E-state index contributed by atoms with van der Waals surface area (Å²) in [5, 5.41) is 3.81. The van der Waals surface area contributed by atoms with Crippen LogP contribution in [0.5, 0.6) is 0 Å². The van der Waals surface area contributed by atoms with Gasteiger partial charge >= 0.3 is 0 Å². The molecule has 0 fully saturated rings. The third-order valence-corrected chi connectivity index (χ3v) is 2.51. The number of nitrogens with zero attached hydrogens (tertiary/aromatic N) is 2. The molecule has 6 heteroatoms. The Morgan fingerprint density at radius 2 is 2.11 bits per heavy atom. The van der Waals surface area contributed by atoms with Crippen LogP contribution in [0.4, 0.5) is 4.39 Å². The zero-order valence-corrected chi connectivity index (χ0v) is 10.7. The van der Waals surface area contributed by atoms with Gasteiger partial charge in [0.2, 0.25) is 0 Å². The lowest BCUT2D eigenvalue weighted by Gasteiger charge is -2.06. The van der Waals surface area contributed by atoms with E-state index in [9.17, 15) is 4.39 Å². The van der Waals surface area contributed by atoms with Gasteiger partial charge in [-0.05, 0) is 30.7 Å². The number of hydrogen-bond acceptors (Lipinski definition) is 5. The summed E-state index contributed by atoms with van der Waals surface area (Å²) in [7, 11) is 0. The molecule has 102 valence electrons. The molecule has 5 nitrogen and oxygen atoms in total. The molecule has 1 heterocycles. The van der Waals surface area contributed by atoms with Crippen LogP contribution in [-0.4, -0.2) is 23.4 Å². The number of ether oxygens (including phenoxy) is 1. The summed E-state index contributed by atoms with van der Waals surface area (Å²) >= 11 is 0. The van der Waals surface area contributed by atoms with E-state index in [1.165, 1.54) is 12.1 Å². The lowest BCUT2D eigenvalue weighted by Crippen LogP contribution is -2.18. The van der Waals surface area contributed by atoms with Gasteiger partial charge in [0.1, 0.15) is 5.82 Å². The summed E-state index contributed by atoms with van der Waals surface area (Å²) < 4.78 is 23.2. The fourth-order valence-corrected chi connectivity index (χ4v) is 1.52. The highest BCUT2D eigenvalue weighted by molar-refractivity contribution is 5.52. The van der Waals surface area contributed by atoms with Crippen LogP contribution in [0.15, 0.2) is 28.8 Å². The minimum atomic E-state index is -0.426. The van der Waals surface area contributed by atoms with Crippen molar-refractivity contribution in [2.24, 2.45) is 5.73 Å². The largest absolute Gasteiger partial charge is 0.379 e. The molecule has 0 spiro atoms. The Morgan fingerprint density at radius 3 is 2.79 bits per heavy atom. The third kappa shape index (κ3) is 3.59. The highest BCUT2D eigenvalue weighted by atomic mass is 19.1. The number of halogens is 1. The normalized spacial score (nSPS) is 12.6. The number of benzene rings is 1. The van der Waals surface area contributed by atoms with Crippen LogP contribution in [0, 0.1) is 5.82 Å². The van der Waals surface area contributed by atoms with Crippen LogP contribution >= 0.6 is 0 Å². The quantitative estimate of drug-likeness (QED) is 0.811. The molecule has 2 aromatic rings. The molecule has 0 radical (unpaired) electrons. The van der Waals surface area contributed by atoms with Crippen LogP contribution in [0.1, 0.15) is 25.2 Å². The maximum Gasteiger partial charge on any atom is 0.257 e. The van der Waals surface area contributed by atoms with E-state index in [4.69, 9.17) is 15.0 Å². The minimum Gasteiger partial charge on any atom is -0.379 e. The van der Waals surface area contributed by atoms with Crippen LogP contribution in [0.25, 0.3) is 11.5 Å². The SMILES string of the molecule is CCCOCC(N)c1noc(-c2ccc(F)cc2)n1. The fraction of sp³-hybridized carbons (Fsp3) is 0.385. The zero-order chi connectivity index (χ0) is 13.7. The topological polar surface area (TPSA) is 74.2 Å². The number of rotatable bonds is 6. The van der Waals surface area contributed by atoms with Crippen molar-refractivity contribution < 1.29 is 13.7 Å². The molecule has 19 heavy (non-hydrogen) atoms.